The summed E-state index contributed by atoms with van der Waals surface area (Å²) in [7, 11) is 3.13. The summed E-state index contributed by atoms with van der Waals surface area (Å²) in [6.45, 7) is 0.337. The molecular weight excluding hydrogens is 294 g/mol. The first kappa shape index (κ1) is 15.4. The van der Waals surface area contributed by atoms with Gasteiger partial charge < -0.3 is 19.5 Å². The summed E-state index contributed by atoms with van der Waals surface area (Å²) in [5.74, 6) is 1.13. The Morgan fingerprint density at radius 3 is 2.52 bits per heavy atom. The van der Waals surface area contributed by atoms with Crippen molar-refractivity contribution in [2.75, 3.05) is 20.8 Å². The number of methoxy groups -OCH3 is 2. The SMILES string of the molecule is COc1ccc(C(CO)N2Cc3ccccc3C2=O)cc1OC. The summed E-state index contributed by atoms with van der Waals surface area (Å²) in [6.07, 6.45) is 0. The molecule has 1 N–H and O–H groups in total. The Morgan fingerprint density at radius 1 is 1.13 bits per heavy atom. The lowest BCUT2D eigenvalue weighted by Gasteiger charge is -2.27. The van der Waals surface area contributed by atoms with Gasteiger partial charge in [0.2, 0.25) is 0 Å². The Balaban J connectivity index is 1.94. The van der Waals surface area contributed by atoms with Crippen molar-refractivity contribution in [3.63, 3.8) is 0 Å². The second kappa shape index (κ2) is 6.30. The van der Waals surface area contributed by atoms with Crippen LogP contribution in [0.4, 0.5) is 0 Å². The number of carbonyl (C=O) groups is 1. The van der Waals surface area contributed by atoms with Gasteiger partial charge in [0.05, 0.1) is 26.9 Å². The van der Waals surface area contributed by atoms with Crippen molar-refractivity contribution in [2.24, 2.45) is 0 Å². The van der Waals surface area contributed by atoms with E-state index in [2.05, 4.69) is 0 Å². The van der Waals surface area contributed by atoms with Crippen molar-refractivity contribution < 1.29 is 19.4 Å². The highest BCUT2D eigenvalue weighted by molar-refractivity contribution is 5.98. The van der Waals surface area contributed by atoms with Crippen LogP contribution < -0.4 is 9.47 Å². The summed E-state index contributed by atoms with van der Waals surface area (Å²) < 4.78 is 10.5. The Labute approximate surface area is 135 Å². The molecule has 2 aromatic carbocycles. The third kappa shape index (κ3) is 2.64. The van der Waals surface area contributed by atoms with Gasteiger partial charge in [-0.25, -0.2) is 0 Å². The zero-order valence-corrected chi connectivity index (χ0v) is 13.2. The van der Waals surface area contributed by atoms with E-state index in [4.69, 9.17) is 9.47 Å². The molecule has 0 fully saturated rings. The summed E-state index contributed by atoms with van der Waals surface area (Å²) in [5, 5.41) is 9.86. The molecule has 5 heteroatoms. The number of hydrogen-bond donors (Lipinski definition) is 1. The van der Waals surface area contributed by atoms with Crippen LogP contribution in [0.3, 0.4) is 0 Å². The van der Waals surface area contributed by atoms with Crippen LogP contribution in [-0.2, 0) is 6.54 Å². The van der Waals surface area contributed by atoms with E-state index in [0.29, 0.717) is 23.6 Å². The Morgan fingerprint density at radius 2 is 1.87 bits per heavy atom. The van der Waals surface area contributed by atoms with Crippen LogP contribution in [0.1, 0.15) is 27.5 Å². The van der Waals surface area contributed by atoms with Crippen molar-refractivity contribution >= 4 is 5.91 Å². The zero-order chi connectivity index (χ0) is 16.4. The molecule has 5 nitrogen and oxygen atoms in total. The molecule has 0 saturated carbocycles. The van der Waals surface area contributed by atoms with Crippen molar-refractivity contribution in [2.45, 2.75) is 12.6 Å². The number of fused-ring (bicyclic) bond motifs is 1. The van der Waals surface area contributed by atoms with Crippen LogP contribution >= 0.6 is 0 Å². The minimum atomic E-state index is -0.422. The molecule has 0 aliphatic carbocycles. The molecule has 120 valence electrons. The van der Waals surface area contributed by atoms with Gasteiger partial charge in [-0.15, -0.1) is 0 Å². The maximum Gasteiger partial charge on any atom is 0.255 e. The van der Waals surface area contributed by atoms with E-state index >= 15 is 0 Å². The quantitative estimate of drug-likeness (QED) is 0.921. The van der Waals surface area contributed by atoms with Crippen molar-refractivity contribution in [3.05, 3.63) is 59.2 Å². The number of aliphatic hydroxyl groups is 1. The normalized spacial score (nSPS) is 14.6. The number of hydrogen-bond acceptors (Lipinski definition) is 4. The average molecular weight is 313 g/mol. The number of amides is 1. The van der Waals surface area contributed by atoms with Gasteiger partial charge in [-0.3, -0.25) is 4.79 Å². The van der Waals surface area contributed by atoms with E-state index in [9.17, 15) is 9.90 Å². The van der Waals surface area contributed by atoms with Crippen LogP contribution in [0.2, 0.25) is 0 Å². The number of carbonyl (C=O) groups excluding carboxylic acids is 1. The number of benzene rings is 2. The highest BCUT2D eigenvalue weighted by atomic mass is 16.5. The standard InChI is InChI=1S/C18H19NO4/c1-22-16-8-7-12(9-17(16)23-2)15(11-20)19-10-13-5-3-4-6-14(13)18(19)21/h3-9,15,20H,10-11H2,1-2H3. The van der Waals surface area contributed by atoms with Crippen LogP contribution in [0.15, 0.2) is 42.5 Å². The van der Waals surface area contributed by atoms with Gasteiger partial charge in [-0.05, 0) is 29.3 Å². The highest BCUT2D eigenvalue weighted by Crippen LogP contribution is 2.35. The van der Waals surface area contributed by atoms with Gasteiger partial charge >= 0.3 is 0 Å². The predicted molar refractivity (Wildman–Crippen MR) is 85.7 cm³/mol. The fourth-order valence-electron chi connectivity index (χ4n) is 2.97. The molecule has 0 aromatic heterocycles. The molecule has 1 heterocycles. The molecule has 0 bridgehead atoms. The fraction of sp³-hybridized carbons (Fsp3) is 0.278. The molecular formula is C18H19NO4. The van der Waals surface area contributed by atoms with E-state index in [1.54, 1.807) is 31.3 Å². The van der Waals surface area contributed by atoms with E-state index in [0.717, 1.165) is 11.1 Å². The lowest BCUT2D eigenvalue weighted by Crippen LogP contribution is -2.31. The largest absolute Gasteiger partial charge is 0.493 e. The van der Waals surface area contributed by atoms with Gasteiger partial charge in [-0.1, -0.05) is 24.3 Å². The van der Waals surface area contributed by atoms with E-state index in [-0.39, 0.29) is 12.5 Å². The Hall–Kier alpha value is -2.53. The molecule has 1 aliphatic rings. The lowest BCUT2D eigenvalue weighted by molar-refractivity contribution is 0.0615. The first-order valence-corrected chi connectivity index (χ1v) is 7.41. The second-order valence-electron chi connectivity index (χ2n) is 5.40. The van der Waals surface area contributed by atoms with Crippen molar-refractivity contribution in [1.29, 1.82) is 0 Å². The molecule has 23 heavy (non-hydrogen) atoms. The third-order valence-corrected chi connectivity index (χ3v) is 4.19. The van der Waals surface area contributed by atoms with Crippen LogP contribution in [0.5, 0.6) is 11.5 Å². The maximum absolute atomic E-state index is 12.6. The number of nitrogens with zero attached hydrogens (tertiary/aromatic N) is 1. The Bertz CT molecular complexity index is 729. The topological polar surface area (TPSA) is 59.0 Å². The summed E-state index contributed by atoms with van der Waals surface area (Å²) in [4.78, 5) is 14.3. The first-order chi connectivity index (χ1) is 11.2. The molecule has 3 rings (SSSR count). The van der Waals surface area contributed by atoms with E-state index in [1.807, 2.05) is 30.3 Å². The molecule has 1 amide bonds. The van der Waals surface area contributed by atoms with Crippen LogP contribution in [0, 0.1) is 0 Å². The highest BCUT2D eigenvalue weighted by Gasteiger charge is 2.33. The molecule has 2 aromatic rings. The zero-order valence-electron chi connectivity index (χ0n) is 13.2. The minimum Gasteiger partial charge on any atom is -0.493 e. The fourth-order valence-corrected chi connectivity index (χ4v) is 2.97. The van der Waals surface area contributed by atoms with E-state index in [1.165, 1.54) is 0 Å². The van der Waals surface area contributed by atoms with Gasteiger partial charge in [0.25, 0.3) is 5.91 Å². The molecule has 1 atom stereocenters. The third-order valence-electron chi connectivity index (χ3n) is 4.19. The Kier molecular flexibility index (Phi) is 4.21. The van der Waals surface area contributed by atoms with E-state index < -0.39 is 6.04 Å². The van der Waals surface area contributed by atoms with Gasteiger partial charge in [0.15, 0.2) is 11.5 Å². The molecule has 0 radical (unpaired) electrons. The molecule has 1 aliphatic heterocycles. The van der Waals surface area contributed by atoms with Crippen LogP contribution in [-0.4, -0.2) is 36.7 Å². The second-order valence-corrected chi connectivity index (χ2v) is 5.40. The van der Waals surface area contributed by atoms with Gasteiger partial charge in [-0.2, -0.15) is 0 Å². The number of rotatable bonds is 5. The number of aliphatic hydroxyl groups excluding tert-OH is 1. The predicted octanol–water partition coefficient (Wildman–Crippen LogP) is 2.39. The monoisotopic (exact) mass is 313 g/mol. The molecule has 0 spiro atoms. The molecule has 1 unspecified atom stereocenters. The van der Waals surface area contributed by atoms with Crippen LogP contribution in [0.25, 0.3) is 0 Å². The van der Waals surface area contributed by atoms with Gasteiger partial charge in [0, 0.05) is 12.1 Å². The van der Waals surface area contributed by atoms with Gasteiger partial charge in [0.1, 0.15) is 0 Å². The smallest absolute Gasteiger partial charge is 0.255 e. The number of ether oxygens (including phenoxy) is 2. The minimum absolute atomic E-state index is 0.0607. The summed E-state index contributed by atoms with van der Waals surface area (Å²) >= 11 is 0. The summed E-state index contributed by atoms with van der Waals surface area (Å²) in [5.41, 5.74) is 2.49. The first-order valence-electron chi connectivity index (χ1n) is 7.41. The average Bonchev–Trinajstić information content (AvgIpc) is 2.92. The maximum atomic E-state index is 12.6. The van der Waals surface area contributed by atoms with Crippen molar-refractivity contribution in [1.82, 2.24) is 4.90 Å². The summed E-state index contributed by atoms with van der Waals surface area (Å²) in [6, 6.07) is 12.5. The van der Waals surface area contributed by atoms with Crippen molar-refractivity contribution in [3.8, 4) is 11.5 Å². The molecule has 0 saturated heterocycles. The lowest BCUT2D eigenvalue weighted by atomic mass is 10.1.